The fraction of sp³-hybridized carbons (Fsp3) is 0.444. The van der Waals surface area contributed by atoms with E-state index in [1.165, 1.54) is 48.6 Å². The Kier molecular flexibility index (Phi) is 4.59. The number of likely N-dealkylation sites (tertiary alicyclic amines) is 1. The molecule has 20 heavy (non-hydrogen) atoms. The molecule has 1 fully saturated rings. The molecule has 0 amide bonds. The number of halogens is 1. The molecule has 3 rings (SSSR count). The van der Waals surface area contributed by atoms with Crippen LogP contribution in [0.15, 0.2) is 42.5 Å². The Morgan fingerprint density at radius 3 is 2.75 bits per heavy atom. The second kappa shape index (κ2) is 6.60. The monoisotopic (exact) mass is 287 g/mol. The van der Waals surface area contributed by atoms with Crippen LogP contribution in [0.4, 0.5) is 0 Å². The van der Waals surface area contributed by atoms with Gasteiger partial charge in [0.15, 0.2) is 0 Å². The van der Waals surface area contributed by atoms with Gasteiger partial charge >= 0.3 is 0 Å². The number of hydrogen-bond acceptors (Lipinski definition) is 1. The number of nitrogens with zero attached hydrogens (tertiary/aromatic N) is 1. The first-order chi connectivity index (χ1) is 9.88. The number of hydrogen-bond donors (Lipinski definition) is 0. The fourth-order valence-electron chi connectivity index (χ4n) is 3.27. The summed E-state index contributed by atoms with van der Waals surface area (Å²) in [5, 5.41) is 2.72. The first-order valence-corrected chi connectivity index (χ1v) is 8.18. The van der Waals surface area contributed by atoms with Crippen molar-refractivity contribution in [3.05, 3.63) is 48.0 Å². The SMILES string of the molecule is ClCC1CCCCCN1Cc1cccc2ccccc12. The molecule has 2 aromatic carbocycles. The number of rotatable bonds is 3. The lowest BCUT2D eigenvalue weighted by atomic mass is 10.0. The Bertz CT molecular complexity index is 561. The van der Waals surface area contributed by atoms with Crippen molar-refractivity contribution in [1.82, 2.24) is 4.90 Å². The summed E-state index contributed by atoms with van der Waals surface area (Å²) in [5.74, 6) is 0.755. The Labute approximate surface area is 126 Å². The summed E-state index contributed by atoms with van der Waals surface area (Å²) in [6, 6.07) is 15.8. The van der Waals surface area contributed by atoms with E-state index in [0.29, 0.717) is 6.04 Å². The first kappa shape index (κ1) is 13.9. The van der Waals surface area contributed by atoms with Gasteiger partial charge in [-0.1, -0.05) is 55.3 Å². The summed E-state index contributed by atoms with van der Waals surface area (Å²) in [4.78, 5) is 2.59. The molecule has 0 aliphatic carbocycles. The second-order valence-corrected chi connectivity index (χ2v) is 6.07. The molecule has 0 radical (unpaired) electrons. The lowest BCUT2D eigenvalue weighted by Crippen LogP contribution is -2.35. The van der Waals surface area contributed by atoms with E-state index in [1.54, 1.807) is 0 Å². The van der Waals surface area contributed by atoms with E-state index in [4.69, 9.17) is 11.6 Å². The van der Waals surface area contributed by atoms with Crippen LogP contribution in [-0.4, -0.2) is 23.4 Å². The van der Waals surface area contributed by atoms with Gasteiger partial charge in [-0.3, -0.25) is 4.90 Å². The molecular formula is C18H22ClN. The Morgan fingerprint density at radius 2 is 1.85 bits per heavy atom. The van der Waals surface area contributed by atoms with Gasteiger partial charge in [0.05, 0.1) is 0 Å². The Balaban J connectivity index is 1.87. The normalized spacial score (nSPS) is 20.9. The molecule has 1 nitrogen and oxygen atoms in total. The highest BCUT2D eigenvalue weighted by molar-refractivity contribution is 6.18. The predicted octanol–water partition coefficient (Wildman–Crippen LogP) is 4.82. The largest absolute Gasteiger partial charge is 0.295 e. The zero-order valence-electron chi connectivity index (χ0n) is 11.9. The molecule has 0 aromatic heterocycles. The van der Waals surface area contributed by atoms with E-state index in [0.717, 1.165) is 12.4 Å². The fourth-order valence-corrected chi connectivity index (χ4v) is 3.62. The van der Waals surface area contributed by atoms with Gasteiger partial charge in [0, 0.05) is 18.5 Å². The molecule has 2 aromatic rings. The Morgan fingerprint density at radius 1 is 1.00 bits per heavy atom. The Hall–Kier alpha value is -1.05. The molecule has 1 heterocycles. The van der Waals surface area contributed by atoms with Gasteiger partial charge in [0.2, 0.25) is 0 Å². The van der Waals surface area contributed by atoms with Gasteiger partial charge < -0.3 is 0 Å². The highest BCUT2D eigenvalue weighted by Gasteiger charge is 2.20. The van der Waals surface area contributed by atoms with Crippen molar-refractivity contribution >= 4 is 22.4 Å². The maximum Gasteiger partial charge on any atom is 0.0379 e. The van der Waals surface area contributed by atoms with E-state index >= 15 is 0 Å². The highest BCUT2D eigenvalue weighted by atomic mass is 35.5. The van der Waals surface area contributed by atoms with Crippen molar-refractivity contribution in [2.75, 3.05) is 12.4 Å². The van der Waals surface area contributed by atoms with Crippen LogP contribution in [0.1, 0.15) is 31.2 Å². The third kappa shape index (κ3) is 2.99. The van der Waals surface area contributed by atoms with Crippen molar-refractivity contribution in [3.8, 4) is 0 Å². The predicted molar refractivity (Wildman–Crippen MR) is 87.3 cm³/mol. The van der Waals surface area contributed by atoms with Gasteiger partial charge in [-0.05, 0) is 35.7 Å². The maximum absolute atomic E-state index is 6.19. The van der Waals surface area contributed by atoms with Gasteiger partial charge in [-0.2, -0.15) is 0 Å². The number of alkyl halides is 1. The third-order valence-electron chi connectivity index (χ3n) is 4.43. The highest BCUT2D eigenvalue weighted by Crippen LogP contribution is 2.24. The van der Waals surface area contributed by atoms with Gasteiger partial charge in [0.1, 0.15) is 0 Å². The van der Waals surface area contributed by atoms with Crippen LogP contribution in [0.25, 0.3) is 10.8 Å². The average molecular weight is 288 g/mol. The minimum Gasteiger partial charge on any atom is -0.295 e. The van der Waals surface area contributed by atoms with Gasteiger partial charge in [-0.25, -0.2) is 0 Å². The van der Waals surface area contributed by atoms with E-state index in [1.807, 2.05) is 0 Å². The average Bonchev–Trinajstić information content (AvgIpc) is 2.72. The molecule has 0 bridgehead atoms. The van der Waals surface area contributed by atoms with Crippen LogP contribution < -0.4 is 0 Å². The zero-order valence-corrected chi connectivity index (χ0v) is 12.6. The van der Waals surface area contributed by atoms with Crippen molar-refractivity contribution in [1.29, 1.82) is 0 Å². The van der Waals surface area contributed by atoms with Crippen molar-refractivity contribution in [2.24, 2.45) is 0 Å². The molecule has 0 N–H and O–H groups in total. The van der Waals surface area contributed by atoms with Crippen molar-refractivity contribution in [2.45, 2.75) is 38.3 Å². The van der Waals surface area contributed by atoms with Crippen LogP contribution in [0.5, 0.6) is 0 Å². The van der Waals surface area contributed by atoms with E-state index in [9.17, 15) is 0 Å². The summed E-state index contributed by atoms with van der Waals surface area (Å²) in [6.07, 6.45) is 5.22. The zero-order chi connectivity index (χ0) is 13.8. The summed E-state index contributed by atoms with van der Waals surface area (Å²) >= 11 is 6.19. The molecule has 1 aliphatic rings. The molecule has 1 atom stereocenters. The number of benzene rings is 2. The molecule has 1 aliphatic heterocycles. The molecule has 2 heteroatoms. The molecule has 1 unspecified atom stereocenters. The summed E-state index contributed by atoms with van der Waals surface area (Å²) < 4.78 is 0. The minimum absolute atomic E-state index is 0.540. The second-order valence-electron chi connectivity index (χ2n) is 5.77. The van der Waals surface area contributed by atoms with Crippen LogP contribution in [-0.2, 0) is 6.54 Å². The van der Waals surface area contributed by atoms with Crippen LogP contribution in [0.3, 0.4) is 0 Å². The summed E-state index contributed by atoms with van der Waals surface area (Å²) in [5.41, 5.74) is 1.43. The lowest BCUT2D eigenvalue weighted by molar-refractivity contribution is 0.208. The molecular weight excluding hydrogens is 266 g/mol. The summed E-state index contributed by atoms with van der Waals surface area (Å²) in [7, 11) is 0. The molecule has 106 valence electrons. The molecule has 0 saturated carbocycles. The quantitative estimate of drug-likeness (QED) is 0.731. The van der Waals surface area contributed by atoms with E-state index < -0.39 is 0 Å². The van der Waals surface area contributed by atoms with Crippen molar-refractivity contribution < 1.29 is 0 Å². The standard InChI is InChI=1S/C18H22ClN/c19-13-17-10-2-1-5-12-20(17)14-16-9-6-8-15-7-3-4-11-18(15)16/h3-4,6-9,11,17H,1-2,5,10,12-14H2. The summed E-state index contributed by atoms with van der Waals surface area (Å²) in [6.45, 7) is 2.21. The van der Waals surface area contributed by atoms with Gasteiger partial charge in [0.25, 0.3) is 0 Å². The first-order valence-electron chi connectivity index (χ1n) is 7.65. The smallest absolute Gasteiger partial charge is 0.0379 e. The van der Waals surface area contributed by atoms with E-state index in [-0.39, 0.29) is 0 Å². The topological polar surface area (TPSA) is 3.24 Å². The van der Waals surface area contributed by atoms with Crippen LogP contribution >= 0.6 is 11.6 Å². The van der Waals surface area contributed by atoms with E-state index in [2.05, 4.69) is 47.4 Å². The molecule has 0 spiro atoms. The van der Waals surface area contributed by atoms with Crippen LogP contribution in [0.2, 0.25) is 0 Å². The number of fused-ring (bicyclic) bond motifs is 1. The third-order valence-corrected chi connectivity index (χ3v) is 4.79. The van der Waals surface area contributed by atoms with Crippen molar-refractivity contribution in [3.63, 3.8) is 0 Å². The van der Waals surface area contributed by atoms with Crippen LogP contribution in [0, 0.1) is 0 Å². The lowest BCUT2D eigenvalue weighted by Gasteiger charge is -2.28. The van der Waals surface area contributed by atoms with Gasteiger partial charge in [-0.15, -0.1) is 11.6 Å². The molecule has 1 saturated heterocycles. The minimum atomic E-state index is 0.540. The maximum atomic E-state index is 6.19.